The lowest BCUT2D eigenvalue weighted by Crippen LogP contribution is -2.38. The summed E-state index contributed by atoms with van der Waals surface area (Å²) in [6.07, 6.45) is 6.40. The molecule has 0 spiro atoms. The van der Waals surface area contributed by atoms with Crippen LogP contribution < -0.4 is 5.32 Å². The number of nitrogens with zero attached hydrogens (tertiary/aromatic N) is 4. The molecule has 5 nitrogen and oxygen atoms in total. The van der Waals surface area contributed by atoms with Crippen molar-refractivity contribution < 1.29 is 0 Å². The average molecular weight is 263 g/mol. The topological polar surface area (TPSA) is 46.0 Å². The molecule has 0 radical (unpaired) electrons. The van der Waals surface area contributed by atoms with Crippen LogP contribution in [-0.4, -0.2) is 45.6 Å². The largest absolute Gasteiger partial charge is 0.311 e. The van der Waals surface area contributed by atoms with Crippen LogP contribution in [0.15, 0.2) is 0 Å². The Kier molecular flexibility index (Phi) is 4.13. The van der Waals surface area contributed by atoms with E-state index in [1.807, 2.05) is 0 Å². The lowest BCUT2D eigenvalue weighted by molar-refractivity contribution is 0.156. The Morgan fingerprint density at radius 1 is 1.32 bits per heavy atom. The third-order valence-corrected chi connectivity index (χ3v) is 4.50. The van der Waals surface area contributed by atoms with Crippen molar-refractivity contribution in [2.75, 3.05) is 19.6 Å². The van der Waals surface area contributed by atoms with Crippen molar-refractivity contribution in [2.24, 2.45) is 0 Å². The second-order valence-corrected chi connectivity index (χ2v) is 5.87. The molecule has 2 aliphatic rings. The molecule has 3 heterocycles. The number of aromatic nitrogens is 3. The molecule has 0 aromatic carbocycles. The Balaban J connectivity index is 1.51. The zero-order chi connectivity index (χ0) is 13.1. The maximum Gasteiger partial charge on any atom is 0.0997 e. The van der Waals surface area contributed by atoms with Gasteiger partial charge in [0.25, 0.3) is 0 Å². The summed E-state index contributed by atoms with van der Waals surface area (Å²) in [5, 5.41) is 11.9. The fourth-order valence-electron chi connectivity index (χ4n) is 3.29. The van der Waals surface area contributed by atoms with Crippen LogP contribution in [0.2, 0.25) is 0 Å². The summed E-state index contributed by atoms with van der Waals surface area (Å²) < 4.78 is 2.13. The van der Waals surface area contributed by atoms with Crippen molar-refractivity contribution in [2.45, 2.75) is 58.2 Å². The minimum Gasteiger partial charge on any atom is -0.311 e. The van der Waals surface area contributed by atoms with Crippen LogP contribution in [0.5, 0.6) is 0 Å². The minimum atomic E-state index is 0.766. The number of fused-ring (bicyclic) bond motifs is 1. The summed E-state index contributed by atoms with van der Waals surface area (Å²) in [4.78, 5) is 2.63. The minimum absolute atomic E-state index is 0.766. The molecule has 0 amide bonds. The smallest absolute Gasteiger partial charge is 0.0997 e. The van der Waals surface area contributed by atoms with Gasteiger partial charge in [0.1, 0.15) is 0 Å². The van der Waals surface area contributed by atoms with E-state index < -0.39 is 0 Å². The normalized spacial score (nSPS) is 24.4. The van der Waals surface area contributed by atoms with Crippen molar-refractivity contribution in [3.63, 3.8) is 0 Å². The van der Waals surface area contributed by atoms with E-state index in [0.717, 1.165) is 37.8 Å². The molecule has 1 saturated heterocycles. The third-order valence-electron chi connectivity index (χ3n) is 4.50. The van der Waals surface area contributed by atoms with Crippen LogP contribution in [0.3, 0.4) is 0 Å². The number of likely N-dealkylation sites (tertiary alicyclic amines) is 1. The van der Waals surface area contributed by atoms with Gasteiger partial charge in [-0.3, -0.25) is 0 Å². The van der Waals surface area contributed by atoms with Gasteiger partial charge in [0.05, 0.1) is 11.4 Å². The van der Waals surface area contributed by atoms with E-state index in [1.54, 1.807) is 0 Å². The molecule has 19 heavy (non-hydrogen) atoms. The van der Waals surface area contributed by atoms with Gasteiger partial charge in [-0.25, -0.2) is 4.68 Å². The highest BCUT2D eigenvalue weighted by atomic mass is 15.4. The van der Waals surface area contributed by atoms with Crippen LogP contribution >= 0.6 is 0 Å². The van der Waals surface area contributed by atoms with Crippen LogP contribution in [0.4, 0.5) is 0 Å². The number of hydrogen-bond acceptors (Lipinski definition) is 4. The van der Waals surface area contributed by atoms with Crippen LogP contribution in [-0.2, 0) is 19.5 Å². The molecule has 0 bridgehead atoms. The van der Waals surface area contributed by atoms with E-state index in [9.17, 15) is 0 Å². The third kappa shape index (κ3) is 2.98. The first-order valence-electron chi connectivity index (χ1n) is 7.70. The zero-order valence-corrected chi connectivity index (χ0v) is 11.9. The summed E-state index contributed by atoms with van der Waals surface area (Å²) >= 11 is 0. The molecular formula is C14H25N5. The maximum atomic E-state index is 4.31. The molecule has 1 N–H and O–H groups in total. The Labute approximate surface area is 115 Å². The molecule has 1 unspecified atom stereocenters. The molecule has 3 rings (SSSR count). The Bertz CT molecular complexity index is 414. The van der Waals surface area contributed by atoms with E-state index in [2.05, 4.69) is 32.1 Å². The lowest BCUT2D eigenvalue weighted by Gasteiger charge is -2.33. The molecule has 1 aromatic rings. The van der Waals surface area contributed by atoms with E-state index in [1.165, 1.54) is 44.5 Å². The summed E-state index contributed by atoms with van der Waals surface area (Å²) in [5.74, 6) is 0. The van der Waals surface area contributed by atoms with E-state index in [-0.39, 0.29) is 0 Å². The van der Waals surface area contributed by atoms with E-state index in [0.29, 0.717) is 0 Å². The molecule has 5 heteroatoms. The monoisotopic (exact) mass is 263 g/mol. The number of hydrogen-bond donors (Lipinski definition) is 1. The second kappa shape index (κ2) is 6.01. The van der Waals surface area contributed by atoms with Gasteiger partial charge < -0.3 is 10.2 Å². The standard InChI is InChI=1S/C14H25N5/c1-12-5-2-3-8-18(12)9-4-10-19-14-6-7-15-11-13(14)16-17-19/h12,15H,2-11H2,1H3. The highest BCUT2D eigenvalue weighted by molar-refractivity contribution is 5.13. The Morgan fingerprint density at radius 3 is 3.16 bits per heavy atom. The number of rotatable bonds is 4. The molecule has 1 atom stereocenters. The van der Waals surface area contributed by atoms with E-state index >= 15 is 0 Å². The summed E-state index contributed by atoms with van der Waals surface area (Å²) in [6.45, 7) is 7.81. The number of piperidine rings is 1. The van der Waals surface area contributed by atoms with Gasteiger partial charge in [0, 0.05) is 38.6 Å². The van der Waals surface area contributed by atoms with Crippen LogP contribution in [0, 0.1) is 0 Å². The highest BCUT2D eigenvalue weighted by Crippen LogP contribution is 2.17. The molecule has 1 fully saturated rings. The van der Waals surface area contributed by atoms with Crippen molar-refractivity contribution in [3.8, 4) is 0 Å². The maximum absolute atomic E-state index is 4.31. The highest BCUT2D eigenvalue weighted by Gasteiger charge is 2.19. The van der Waals surface area contributed by atoms with Gasteiger partial charge in [-0.1, -0.05) is 11.6 Å². The van der Waals surface area contributed by atoms with Gasteiger partial charge in [0.15, 0.2) is 0 Å². The predicted octanol–water partition coefficient (Wildman–Crippen LogP) is 1.19. The van der Waals surface area contributed by atoms with Gasteiger partial charge in [-0.2, -0.15) is 0 Å². The summed E-state index contributed by atoms with van der Waals surface area (Å²) in [7, 11) is 0. The van der Waals surface area contributed by atoms with Gasteiger partial charge in [-0.15, -0.1) is 5.10 Å². The van der Waals surface area contributed by atoms with Gasteiger partial charge in [-0.05, 0) is 32.7 Å². The molecule has 0 saturated carbocycles. The molecule has 106 valence electrons. The van der Waals surface area contributed by atoms with Gasteiger partial charge in [0.2, 0.25) is 0 Å². The second-order valence-electron chi connectivity index (χ2n) is 5.87. The molecular weight excluding hydrogens is 238 g/mol. The Hall–Kier alpha value is -0.940. The summed E-state index contributed by atoms with van der Waals surface area (Å²) in [6, 6.07) is 0.766. The van der Waals surface area contributed by atoms with E-state index in [4.69, 9.17) is 0 Å². The first-order chi connectivity index (χ1) is 9.34. The number of nitrogens with one attached hydrogen (secondary N) is 1. The average Bonchev–Trinajstić information content (AvgIpc) is 2.85. The SMILES string of the molecule is CC1CCCCN1CCCn1nnc2c1CCNC2. The number of aryl methyl sites for hydroxylation is 1. The van der Waals surface area contributed by atoms with Crippen molar-refractivity contribution >= 4 is 0 Å². The Morgan fingerprint density at radius 2 is 2.26 bits per heavy atom. The van der Waals surface area contributed by atoms with Crippen molar-refractivity contribution in [3.05, 3.63) is 11.4 Å². The van der Waals surface area contributed by atoms with Crippen molar-refractivity contribution in [1.29, 1.82) is 0 Å². The quantitative estimate of drug-likeness (QED) is 0.886. The fourth-order valence-corrected chi connectivity index (χ4v) is 3.29. The van der Waals surface area contributed by atoms with Crippen molar-refractivity contribution in [1.82, 2.24) is 25.2 Å². The molecule has 1 aromatic heterocycles. The van der Waals surface area contributed by atoms with Crippen LogP contribution in [0.1, 0.15) is 44.0 Å². The zero-order valence-electron chi connectivity index (χ0n) is 11.9. The first-order valence-corrected chi connectivity index (χ1v) is 7.70. The van der Waals surface area contributed by atoms with Gasteiger partial charge >= 0.3 is 0 Å². The predicted molar refractivity (Wildman–Crippen MR) is 74.9 cm³/mol. The molecule has 0 aliphatic carbocycles. The first kappa shape index (κ1) is 13.1. The molecule has 2 aliphatic heterocycles. The van der Waals surface area contributed by atoms with Crippen LogP contribution in [0.25, 0.3) is 0 Å². The lowest BCUT2D eigenvalue weighted by atomic mass is 10.0. The summed E-state index contributed by atoms with van der Waals surface area (Å²) in [5.41, 5.74) is 2.50. The fraction of sp³-hybridized carbons (Fsp3) is 0.857.